The zero-order chi connectivity index (χ0) is 23.7. The summed E-state index contributed by atoms with van der Waals surface area (Å²) in [4.78, 5) is 0. The molecule has 2 rings (SSSR count). The second kappa shape index (κ2) is 14.1. The van der Waals surface area contributed by atoms with E-state index in [4.69, 9.17) is 16.8 Å². The molecule has 0 aliphatic carbocycles. The minimum atomic E-state index is -0.0941. The summed E-state index contributed by atoms with van der Waals surface area (Å²) in [6, 6.07) is 10.8. The Morgan fingerprint density at radius 2 is 1.19 bits per heavy atom. The van der Waals surface area contributed by atoms with Crippen molar-refractivity contribution in [2.75, 3.05) is 13.1 Å². The quantitative estimate of drug-likeness (QED) is 0.328. The van der Waals surface area contributed by atoms with Gasteiger partial charge in [0.15, 0.2) is 0 Å². The van der Waals surface area contributed by atoms with Crippen LogP contribution in [0.3, 0.4) is 0 Å². The van der Waals surface area contributed by atoms with Gasteiger partial charge in [0.25, 0.3) is 0 Å². The van der Waals surface area contributed by atoms with Gasteiger partial charge in [-0.15, -0.1) is 13.1 Å². The van der Waals surface area contributed by atoms with Gasteiger partial charge in [0.05, 0.1) is 0 Å². The van der Waals surface area contributed by atoms with E-state index < -0.39 is 0 Å². The van der Waals surface area contributed by atoms with Crippen LogP contribution in [0.15, 0.2) is 30.3 Å². The first-order chi connectivity index (χ1) is 14.5. The van der Waals surface area contributed by atoms with Crippen molar-refractivity contribution < 1.29 is 11.1 Å². The van der Waals surface area contributed by atoms with Crippen molar-refractivity contribution in [3.8, 4) is 0 Å². The van der Waals surface area contributed by atoms with Crippen molar-refractivity contribution in [3.05, 3.63) is 74.6 Å². The van der Waals surface area contributed by atoms with E-state index in [-0.39, 0.29) is 12.1 Å². The fourth-order valence-electron chi connectivity index (χ4n) is 4.35. The van der Waals surface area contributed by atoms with Crippen molar-refractivity contribution in [2.24, 2.45) is 11.5 Å². The molecule has 0 saturated carbocycles. The fraction of sp³-hybridized carbons (Fsp3) is 0.520. The van der Waals surface area contributed by atoms with Gasteiger partial charge in [-0.3, -0.25) is 0 Å². The summed E-state index contributed by atoms with van der Waals surface area (Å²) in [5.41, 5.74) is 22.1. The zero-order valence-electron chi connectivity index (χ0n) is 19.8. The Hall–Kier alpha value is -0.214. The van der Waals surface area contributed by atoms with Gasteiger partial charge < -0.3 is 16.8 Å². The monoisotopic (exact) mass is 597 g/mol. The average Bonchev–Trinajstić information content (AvgIpc) is 2.66. The number of aryl methyl sites for hydroxylation is 3. The van der Waals surface area contributed by atoms with Gasteiger partial charge in [-0.25, -0.2) is 0 Å². The molecule has 2 atom stereocenters. The molecule has 4 N–H and O–H groups in total. The maximum absolute atomic E-state index is 6.64. The Balaban J connectivity index is 0.00000151. The second-order valence-corrected chi connectivity index (χ2v) is 14.1. The molecule has 2 aromatic rings. The van der Waals surface area contributed by atoms with Crippen molar-refractivity contribution in [1.29, 1.82) is 0 Å². The van der Waals surface area contributed by atoms with Crippen LogP contribution in [0.1, 0.15) is 90.6 Å². The van der Waals surface area contributed by atoms with E-state index in [1.54, 1.807) is 0 Å². The van der Waals surface area contributed by atoms with Gasteiger partial charge in [-0.05, 0) is 66.0 Å². The summed E-state index contributed by atoms with van der Waals surface area (Å²) in [5.74, 6) is 0.889. The third-order valence-corrected chi connectivity index (χ3v) is 5.55. The molecule has 3 nitrogen and oxygen atoms in total. The molecule has 0 aromatic heterocycles. The summed E-state index contributed by atoms with van der Waals surface area (Å²) >= 11 is 7.12. The molecule has 0 aliphatic rings. The summed E-state index contributed by atoms with van der Waals surface area (Å²) < 4.78 is 0. The van der Waals surface area contributed by atoms with Crippen molar-refractivity contribution >= 4 is 28.3 Å². The number of hydrogen-bond acceptors (Lipinski definition) is 2. The van der Waals surface area contributed by atoms with Crippen LogP contribution < -0.4 is 11.5 Å². The van der Waals surface area contributed by atoms with Crippen LogP contribution in [0.5, 0.6) is 0 Å². The first kappa shape index (κ1) is 28.8. The molecule has 176 valence electrons. The topological polar surface area (TPSA) is 66.1 Å². The van der Waals surface area contributed by atoms with E-state index in [0.29, 0.717) is 24.9 Å². The van der Waals surface area contributed by atoms with Crippen molar-refractivity contribution in [1.82, 2.24) is 0 Å². The van der Waals surface area contributed by atoms with Crippen molar-refractivity contribution in [3.63, 3.8) is 0 Å². The second-order valence-electron chi connectivity index (χ2n) is 8.82. The van der Waals surface area contributed by atoms with Crippen LogP contribution in [0, 0.1) is 20.8 Å². The van der Waals surface area contributed by atoms with E-state index in [9.17, 15) is 0 Å². The number of nitrogens with zero attached hydrogens (tertiary/aromatic N) is 1. The molecular formula is C25H38Br2CoN3. The first-order valence-corrected chi connectivity index (χ1v) is 15.9. The number of hydrogen-bond donors (Lipinski definition) is 2. The van der Waals surface area contributed by atoms with E-state index in [2.05, 4.69) is 107 Å². The predicted octanol–water partition coefficient (Wildman–Crippen LogP) is 7.62. The fourth-order valence-corrected chi connectivity index (χ4v) is 4.35. The normalized spacial score (nSPS) is 13.3. The molecule has 0 amide bonds. The molecule has 2 aromatic carbocycles. The standard InChI is InChI=1S/C25H38N3.2BrH.Co/c1-15(2)20-9-8-10-21(16(3)4)25(20)23(27)14-28-13-22(26)24-18(6)11-17(5)12-19(24)7;;;/h8-12,15-16,22-23H,13-14,26-27H2,1-7H3;2*1H;/q-1;;;+3/p-2. The molecule has 0 fully saturated rings. The predicted molar refractivity (Wildman–Crippen MR) is 140 cm³/mol. The summed E-state index contributed by atoms with van der Waals surface area (Å²) in [7, 11) is 0. The van der Waals surface area contributed by atoms with Crippen LogP contribution >= 0.6 is 28.3 Å². The molecule has 2 unspecified atom stereocenters. The van der Waals surface area contributed by atoms with Gasteiger partial charge in [-0.1, -0.05) is 63.6 Å². The Labute approximate surface area is 210 Å². The van der Waals surface area contributed by atoms with Crippen LogP contribution in [0.25, 0.3) is 5.32 Å². The van der Waals surface area contributed by atoms with E-state index >= 15 is 0 Å². The maximum atomic E-state index is 6.64. The number of benzene rings is 2. The third-order valence-electron chi connectivity index (χ3n) is 5.55. The van der Waals surface area contributed by atoms with Crippen LogP contribution in [-0.4, -0.2) is 13.1 Å². The number of nitrogens with two attached hydrogens (primary N) is 2. The van der Waals surface area contributed by atoms with Crippen molar-refractivity contribution in [2.45, 2.75) is 72.4 Å². The first-order valence-electron chi connectivity index (χ1n) is 10.7. The Morgan fingerprint density at radius 3 is 1.58 bits per heavy atom. The third kappa shape index (κ3) is 8.58. The van der Waals surface area contributed by atoms with E-state index in [0.717, 1.165) is 11.1 Å². The van der Waals surface area contributed by atoms with Crippen LogP contribution in [-0.2, 0) is 11.1 Å². The minimum absolute atomic E-state index is 0.0855. The SMILES string of the molecule is Cc1cc(C)c(C(N)C[N-]CC(N)c2c(C(C)C)cccc2C(C)C)c(C)c1.[Br][Co+][Br]. The summed E-state index contributed by atoms with van der Waals surface area (Å²) in [6.45, 7) is 16.5. The summed E-state index contributed by atoms with van der Waals surface area (Å²) in [6.07, 6.45) is 0. The van der Waals surface area contributed by atoms with Gasteiger partial charge in [-0.2, -0.15) is 0 Å². The van der Waals surface area contributed by atoms with Gasteiger partial charge in [0.1, 0.15) is 0 Å². The molecule has 0 spiro atoms. The molecule has 0 bridgehead atoms. The zero-order valence-corrected chi connectivity index (χ0v) is 24.0. The number of rotatable bonds is 8. The molecule has 0 radical (unpaired) electrons. The average molecular weight is 599 g/mol. The molecule has 31 heavy (non-hydrogen) atoms. The van der Waals surface area contributed by atoms with Gasteiger partial charge in [0.2, 0.25) is 0 Å². The summed E-state index contributed by atoms with van der Waals surface area (Å²) in [5, 5.41) is 4.78. The Morgan fingerprint density at radius 1 is 0.806 bits per heavy atom. The van der Waals surface area contributed by atoms with Gasteiger partial charge in [0, 0.05) is 12.1 Å². The number of halogens is 2. The van der Waals surface area contributed by atoms with E-state index in [1.807, 2.05) is 0 Å². The molecule has 0 heterocycles. The Bertz CT molecular complexity index is 775. The van der Waals surface area contributed by atoms with Gasteiger partial charge >= 0.3 is 39.5 Å². The molecular weight excluding hydrogens is 561 g/mol. The van der Waals surface area contributed by atoms with Crippen LogP contribution in [0.4, 0.5) is 0 Å². The van der Waals surface area contributed by atoms with Crippen LogP contribution in [0.2, 0.25) is 0 Å². The Kier molecular flexibility index (Phi) is 13.1. The van der Waals surface area contributed by atoms with E-state index in [1.165, 1.54) is 38.9 Å². The molecule has 6 heteroatoms. The molecule has 0 saturated heterocycles. The molecule has 0 aliphatic heterocycles.